The van der Waals surface area contributed by atoms with Gasteiger partial charge in [0.25, 0.3) is 0 Å². The first-order chi connectivity index (χ1) is 11.1. The van der Waals surface area contributed by atoms with Crippen LogP contribution in [-0.4, -0.2) is 19.0 Å². The van der Waals surface area contributed by atoms with Gasteiger partial charge in [-0.25, -0.2) is 13.2 Å². The Morgan fingerprint density at radius 3 is 2.70 bits per heavy atom. The number of aryl methyl sites for hydroxylation is 1. The second kappa shape index (κ2) is 6.32. The van der Waals surface area contributed by atoms with Crippen molar-refractivity contribution in [1.82, 2.24) is 0 Å². The first-order valence-corrected chi connectivity index (χ1v) is 7.33. The summed E-state index contributed by atoms with van der Waals surface area (Å²) in [6, 6.07) is 9.50. The minimum absolute atomic E-state index is 0.198. The number of para-hydroxylation sites is 1. The molecular weight excluding hydrogens is 305 g/mol. The van der Waals surface area contributed by atoms with Crippen molar-refractivity contribution >= 4 is 17.3 Å². The van der Waals surface area contributed by atoms with Crippen LogP contribution in [0.3, 0.4) is 0 Å². The van der Waals surface area contributed by atoms with Crippen molar-refractivity contribution in [2.45, 2.75) is 12.8 Å². The van der Waals surface area contributed by atoms with Gasteiger partial charge in [-0.05, 0) is 36.6 Å². The van der Waals surface area contributed by atoms with Crippen molar-refractivity contribution in [1.29, 1.82) is 0 Å². The van der Waals surface area contributed by atoms with E-state index in [1.165, 1.54) is 0 Å². The minimum atomic E-state index is -1.55. The van der Waals surface area contributed by atoms with E-state index in [1.54, 1.807) is 4.90 Å². The summed E-state index contributed by atoms with van der Waals surface area (Å²) in [4.78, 5) is 14.0. The Bertz CT molecular complexity index is 749. The van der Waals surface area contributed by atoms with Crippen molar-refractivity contribution in [2.24, 2.45) is 0 Å². The summed E-state index contributed by atoms with van der Waals surface area (Å²) in [5.74, 6) is -4.38. The fourth-order valence-electron chi connectivity index (χ4n) is 2.72. The Labute approximate surface area is 131 Å². The van der Waals surface area contributed by atoms with E-state index < -0.39 is 17.5 Å². The summed E-state index contributed by atoms with van der Waals surface area (Å²) in [6.07, 6.45) is 1.76. The lowest BCUT2D eigenvalue weighted by Gasteiger charge is -2.29. The Kier molecular flexibility index (Phi) is 4.23. The van der Waals surface area contributed by atoms with Gasteiger partial charge in [-0.1, -0.05) is 18.2 Å². The molecule has 0 radical (unpaired) electrons. The molecule has 0 aliphatic carbocycles. The molecule has 0 bridgehead atoms. The first kappa shape index (κ1) is 15.4. The highest BCUT2D eigenvalue weighted by Gasteiger charge is 2.22. The molecule has 1 amide bonds. The first-order valence-electron chi connectivity index (χ1n) is 7.33. The molecule has 0 aromatic heterocycles. The molecule has 1 aliphatic rings. The van der Waals surface area contributed by atoms with Gasteiger partial charge in [-0.15, -0.1) is 0 Å². The number of nitrogens with one attached hydrogen (secondary N) is 1. The van der Waals surface area contributed by atoms with E-state index in [9.17, 15) is 18.0 Å². The zero-order valence-corrected chi connectivity index (χ0v) is 12.3. The summed E-state index contributed by atoms with van der Waals surface area (Å²) in [5, 5.41) is 2.54. The van der Waals surface area contributed by atoms with Crippen molar-refractivity contribution in [3.63, 3.8) is 0 Å². The molecule has 23 heavy (non-hydrogen) atoms. The van der Waals surface area contributed by atoms with E-state index in [2.05, 4.69) is 5.32 Å². The zero-order valence-electron chi connectivity index (χ0n) is 12.3. The monoisotopic (exact) mass is 320 g/mol. The topological polar surface area (TPSA) is 32.3 Å². The highest BCUT2D eigenvalue weighted by atomic mass is 19.2. The number of rotatable bonds is 3. The maximum atomic E-state index is 13.6. The van der Waals surface area contributed by atoms with Crippen LogP contribution in [0.25, 0.3) is 0 Å². The van der Waals surface area contributed by atoms with Gasteiger partial charge >= 0.3 is 0 Å². The van der Waals surface area contributed by atoms with Crippen LogP contribution in [-0.2, 0) is 11.2 Å². The lowest BCUT2D eigenvalue weighted by atomic mass is 10.0. The minimum Gasteiger partial charge on any atom is -0.374 e. The summed E-state index contributed by atoms with van der Waals surface area (Å²) in [7, 11) is 0. The Hall–Kier alpha value is -2.50. The molecule has 2 aromatic carbocycles. The van der Waals surface area contributed by atoms with Crippen molar-refractivity contribution < 1.29 is 18.0 Å². The highest BCUT2D eigenvalue weighted by molar-refractivity contribution is 5.97. The average Bonchev–Trinajstić information content (AvgIpc) is 2.58. The van der Waals surface area contributed by atoms with Crippen LogP contribution in [0.5, 0.6) is 0 Å². The quantitative estimate of drug-likeness (QED) is 0.878. The SMILES string of the molecule is O=C(CNc1ccc(F)c(F)c1F)N1CCCc2ccccc21. The van der Waals surface area contributed by atoms with Crippen LogP contribution in [0, 0.1) is 17.5 Å². The summed E-state index contributed by atoms with van der Waals surface area (Å²) in [6.45, 7) is 0.383. The second-order valence-electron chi connectivity index (χ2n) is 5.35. The molecule has 120 valence electrons. The van der Waals surface area contributed by atoms with Crippen LogP contribution >= 0.6 is 0 Å². The van der Waals surface area contributed by atoms with Crippen molar-refractivity contribution in [3.05, 3.63) is 59.4 Å². The maximum absolute atomic E-state index is 13.6. The van der Waals surface area contributed by atoms with E-state index in [1.807, 2.05) is 24.3 Å². The van der Waals surface area contributed by atoms with E-state index in [4.69, 9.17) is 0 Å². The average molecular weight is 320 g/mol. The van der Waals surface area contributed by atoms with Crippen molar-refractivity contribution in [2.75, 3.05) is 23.3 Å². The van der Waals surface area contributed by atoms with Gasteiger partial charge in [0, 0.05) is 12.2 Å². The number of fused-ring (bicyclic) bond motifs is 1. The van der Waals surface area contributed by atoms with Gasteiger partial charge in [0.15, 0.2) is 17.5 Å². The van der Waals surface area contributed by atoms with E-state index in [0.717, 1.165) is 36.2 Å². The third-order valence-electron chi connectivity index (χ3n) is 3.88. The molecule has 0 saturated heterocycles. The second-order valence-corrected chi connectivity index (χ2v) is 5.35. The molecule has 0 atom stereocenters. The fraction of sp³-hybridized carbons (Fsp3) is 0.235. The van der Waals surface area contributed by atoms with Crippen LogP contribution in [0.4, 0.5) is 24.5 Å². The van der Waals surface area contributed by atoms with Gasteiger partial charge in [-0.3, -0.25) is 4.79 Å². The predicted molar refractivity (Wildman–Crippen MR) is 81.9 cm³/mol. The normalized spacial score (nSPS) is 13.6. The highest BCUT2D eigenvalue weighted by Crippen LogP contribution is 2.27. The number of halogens is 3. The third-order valence-corrected chi connectivity index (χ3v) is 3.88. The number of amides is 1. The van der Waals surface area contributed by atoms with Crippen LogP contribution in [0.1, 0.15) is 12.0 Å². The molecular formula is C17H15F3N2O. The molecule has 0 fully saturated rings. The molecule has 1 N–H and O–H groups in total. The molecule has 3 nitrogen and oxygen atoms in total. The van der Waals surface area contributed by atoms with Gasteiger partial charge in [0.1, 0.15) is 0 Å². The number of carbonyl (C=O) groups excluding carboxylic acids is 1. The largest absolute Gasteiger partial charge is 0.374 e. The van der Waals surface area contributed by atoms with Crippen LogP contribution in [0.15, 0.2) is 36.4 Å². The molecule has 2 aromatic rings. The lowest BCUT2D eigenvalue weighted by Crippen LogP contribution is -2.39. The predicted octanol–water partition coefficient (Wildman–Crippen LogP) is 3.50. The molecule has 0 spiro atoms. The molecule has 6 heteroatoms. The Morgan fingerprint density at radius 1 is 1.09 bits per heavy atom. The third kappa shape index (κ3) is 3.02. The number of anilines is 2. The molecule has 3 rings (SSSR count). The number of hydrogen-bond acceptors (Lipinski definition) is 2. The van der Waals surface area contributed by atoms with E-state index in [0.29, 0.717) is 6.54 Å². The van der Waals surface area contributed by atoms with E-state index >= 15 is 0 Å². The summed E-state index contributed by atoms with van der Waals surface area (Å²) < 4.78 is 39.7. The number of carbonyl (C=O) groups is 1. The van der Waals surface area contributed by atoms with Crippen LogP contribution < -0.4 is 10.2 Å². The van der Waals surface area contributed by atoms with Gasteiger partial charge in [0.2, 0.25) is 5.91 Å². The molecule has 1 aliphatic heterocycles. The van der Waals surface area contributed by atoms with Crippen LogP contribution in [0.2, 0.25) is 0 Å². The Balaban J connectivity index is 1.73. The standard InChI is InChI=1S/C17H15F3N2O/c18-12-7-8-13(17(20)16(12)19)21-10-15(23)22-9-3-5-11-4-1-2-6-14(11)22/h1-2,4,6-8,21H,3,5,9-10H2. The van der Waals surface area contributed by atoms with Gasteiger partial charge < -0.3 is 10.2 Å². The molecule has 1 heterocycles. The summed E-state index contributed by atoms with van der Waals surface area (Å²) >= 11 is 0. The lowest BCUT2D eigenvalue weighted by molar-refractivity contribution is -0.117. The summed E-state index contributed by atoms with van der Waals surface area (Å²) in [5.41, 5.74) is 1.70. The maximum Gasteiger partial charge on any atom is 0.246 e. The zero-order chi connectivity index (χ0) is 16.4. The number of benzene rings is 2. The van der Waals surface area contributed by atoms with Gasteiger partial charge in [-0.2, -0.15) is 0 Å². The fourth-order valence-corrected chi connectivity index (χ4v) is 2.72. The number of hydrogen-bond donors (Lipinski definition) is 1. The van der Waals surface area contributed by atoms with Crippen molar-refractivity contribution in [3.8, 4) is 0 Å². The Morgan fingerprint density at radius 2 is 1.87 bits per heavy atom. The molecule has 0 unspecified atom stereocenters. The van der Waals surface area contributed by atoms with Gasteiger partial charge in [0.05, 0.1) is 12.2 Å². The molecule has 0 saturated carbocycles. The smallest absolute Gasteiger partial charge is 0.246 e. The van der Waals surface area contributed by atoms with E-state index in [-0.39, 0.29) is 18.1 Å². The number of nitrogens with zero attached hydrogens (tertiary/aromatic N) is 1.